The number of carbonyl (C=O) groups excluding carboxylic acids is 3. The van der Waals surface area contributed by atoms with Crippen molar-refractivity contribution in [2.24, 2.45) is 0 Å². The highest BCUT2D eigenvalue weighted by Crippen LogP contribution is 2.34. The fourth-order valence-electron chi connectivity index (χ4n) is 7.84. The van der Waals surface area contributed by atoms with Crippen molar-refractivity contribution < 1.29 is 28.6 Å². The smallest absolute Gasteiger partial charge is 0.310 e. The van der Waals surface area contributed by atoms with Crippen LogP contribution >= 0.6 is 23.2 Å². The van der Waals surface area contributed by atoms with Gasteiger partial charge in [-0.05, 0) is 36.6 Å². The summed E-state index contributed by atoms with van der Waals surface area (Å²) in [4.78, 5) is 38.8. The Morgan fingerprint density at radius 1 is 0.468 bits per heavy atom. The van der Waals surface area contributed by atoms with E-state index in [0.717, 1.165) is 38.5 Å². The third kappa shape index (κ3) is 29.6. The van der Waals surface area contributed by atoms with Crippen LogP contribution in [0.25, 0.3) is 0 Å². The van der Waals surface area contributed by atoms with Crippen molar-refractivity contribution in [3.8, 4) is 0 Å². The topological polar surface area (TPSA) is 90.9 Å². The molecular weight excluding hydrogens is 817 g/mol. The fourth-order valence-corrected chi connectivity index (χ4v) is 8.34. The summed E-state index contributed by atoms with van der Waals surface area (Å²) in [5, 5.41) is 4.15. The number of hydrogen-bond donors (Lipinski definition) is 1. The monoisotopic (exact) mass is 902 g/mol. The predicted molar refractivity (Wildman–Crippen MR) is 261 cm³/mol. The van der Waals surface area contributed by atoms with E-state index in [2.05, 4.69) is 19.2 Å². The van der Waals surface area contributed by atoms with Crippen LogP contribution in [0.15, 0.2) is 42.5 Å². The summed E-state index contributed by atoms with van der Waals surface area (Å²) in [6.07, 6.45) is 37.3. The minimum atomic E-state index is -0.921. The summed E-state index contributed by atoms with van der Waals surface area (Å²) in [5.74, 6) is -1.21. The number of esters is 3. The Kier molecular flexibility index (Phi) is 34.5. The first-order valence-corrected chi connectivity index (χ1v) is 25.9. The van der Waals surface area contributed by atoms with E-state index in [1.165, 1.54) is 154 Å². The molecule has 352 valence electrons. The minimum absolute atomic E-state index is 0.0676. The van der Waals surface area contributed by atoms with Crippen LogP contribution in [0.2, 0.25) is 10.0 Å². The van der Waals surface area contributed by atoms with Crippen LogP contribution in [0.3, 0.4) is 0 Å². The van der Waals surface area contributed by atoms with Crippen LogP contribution in [0.5, 0.6) is 0 Å². The highest BCUT2D eigenvalue weighted by atomic mass is 35.5. The molecule has 0 fully saturated rings. The van der Waals surface area contributed by atoms with Gasteiger partial charge in [0.2, 0.25) is 0 Å². The van der Waals surface area contributed by atoms with E-state index in [0.29, 0.717) is 39.8 Å². The number of hydrogen-bond acceptors (Lipinski definition) is 7. The number of rotatable bonds is 41. The van der Waals surface area contributed by atoms with Gasteiger partial charge in [0.05, 0.1) is 22.2 Å². The van der Waals surface area contributed by atoms with Gasteiger partial charge in [0.1, 0.15) is 13.2 Å². The fraction of sp³-hybridized carbons (Fsp3) is 0.717. The Bertz CT molecular complexity index is 1370. The zero-order valence-corrected chi connectivity index (χ0v) is 40.6. The number of para-hydroxylation sites is 2. The minimum Gasteiger partial charge on any atom is -0.462 e. The van der Waals surface area contributed by atoms with Crippen LogP contribution in [0, 0.1) is 0 Å². The van der Waals surface area contributed by atoms with E-state index >= 15 is 0 Å². The van der Waals surface area contributed by atoms with Gasteiger partial charge in [-0.2, -0.15) is 0 Å². The molecule has 0 saturated heterocycles. The van der Waals surface area contributed by atoms with Crippen molar-refractivity contribution in [1.82, 2.24) is 0 Å². The molecular formula is C53H85Cl2NO6. The number of unbranched alkanes of at least 4 members (excludes halogenated alkanes) is 28. The van der Waals surface area contributed by atoms with Crippen molar-refractivity contribution in [2.45, 2.75) is 232 Å². The molecule has 1 N–H and O–H groups in total. The molecule has 0 saturated carbocycles. The predicted octanol–water partition coefficient (Wildman–Crippen LogP) is 16.8. The van der Waals surface area contributed by atoms with Gasteiger partial charge in [-0.1, -0.05) is 241 Å². The highest BCUT2D eigenvalue weighted by molar-refractivity contribution is 6.39. The van der Waals surface area contributed by atoms with Crippen LogP contribution in [0.4, 0.5) is 11.4 Å². The SMILES string of the molecule is CCCCCCCCCCCCCCCCCC(=O)OCC(COC(=O)CCCCCCCCCCCCCCCCC)OC(=O)Cc1ccccc1Nc1c(Cl)cccc1Cl. The molecule has 0 unspecified atom stereocenters. The molecule has 0 aliphatic rings. The first-order chi connectivity index (χ1) is 30.3. The van der Waals surface area contributed by atoms with Crippen molar-refractivity contribution in [1.29, 1.82) is 0 Å². The Labute approximate surface area is 387 Å². The quantitative estimate of drug-likeness (QED) is 0.0404. The maximum Gasteiger partial charge on any atom is 0.310 e. The van der Waals surface area contributed by atoms with E-state index in [4.69, 9.17) is 37.4 Å². The van der Waals surface area contributed by atoms with Crippen LogP contribution in [-0.2, 0) is 35.0 Å². The molecule has 9 heteroatoms. The van der Waals surface area contributed by atoms with Crippen molar-refractivity contribution in [3.63, 3.8) is 0 Å². The van der Waals surface area contributed by atoms with Gasteiger partial charge < -0.3 is 19.5 Å². The number of carbonyl (C=O) groups is 3. The van der Waals surface area contributed by atoms with Gasteiger partial charge in [-0.25, -0.2) is 0 Å². The van der Waals surface area contributed by atoms with Crippen molar-refractivity contribution in [3.05, 3.63) is 58.1 Å². The molecule has 0 spiro atoms. The zero-order valence-electron chi connectivity index (χ0n) is 39.1. The van der Waals surface area contributed by atoms with Gasteiger partial charge in [-0.3, -0.25) is 14.4 Å². The van der Waals surface area contributed by atoms with E-state index in [9.17, 15) is 14.4 Å². The molecule has 0 aliphatic heterocycles. The van der Waals surface area contributed by atoms with Gasteiger partial charge in [-0.15, -0.1) is 0 Å². The van der Waals surface area contributed by atoms with Gasteiger partial charge >= 0.3 is 17.9 Å². The summed E-state index contributed by atoms with van der Waals surface area (Å²) in [6.45, 7) is 4.18. The molecule has 0 amide bonds. The lowest BCUT2D eigenvalue weighted by molar-refractivity contribution is -0.166. The Hall–Kier alpha value is -2.77. The second-order valence-corrected chi connectivity index (χ2v) is 18.2. The highest BCUT2D eigenvalue weighted by Gasteiger charge is 2.21. The number of benzene rings is 2. The second-order valence-electron chi connectivity index (χ2n) is 17.4. The third-order valence-corrected chi connectivity index (χ3v) is 12.3. The molecule has 2 aromatic carbocycles. The molecule has 62 heavy (non-hydrogen) atoms. The molecule has 0 aromatic heterocycles. The molecule has 0 radical (unpaired) electrons. The lowest BCUT2D eigenvalue weighted by Crippen LogP contribution is -2.31. The van der Waals surface area contributed by atoms with Crippen LogP contribution in [-0.4, -0.2) is 37.2 Å². The maximum atomic E-state index is 13.3. The third-order valence-electron chi connectivity index (χ3n) is 11.7. The lowest BCUT2D eigenvalue weighted by Gasteiger charge is -2.19. The Morgan fingerprint density at radius 3 is 1.21 bits per heavy atom. The first kappa shape index (κ1) is 55.4. The van der Waals surface area contributed by atoms with Crippen LogP contribution in [0.1, 0.15) is 225 Å². The van der Waals surface area contributed by atoms with E-state index in [1.807, 2.05) is 24.3 Å². The largest absolute Gasteiger partial charge is 0.462 e. The number of halogens is 2. The first-order valence-electron chi connectivity index (χ1n) is 25.1. The molecule has 2 aromatic rings. The Balaban J connectivity index is 1.73. The van der Waals surface area contributed by atoms with E-state index in [-0.39, 0.29) is 31.6 Å². The standard InChI is InChI=1S/C53H85Cl2NO6/c1-3-5-7-9-11-13-15-17-19-21-23-25-27-29-31-40-50(57)60-43-46(44-61-51(58)41-32-30-28-26-24-22-20-18-16-14-12-10-8-6-4-2)62-52(59)42-45-36-33-34-39-49(45)56-53-47(54)37-35-38-48(53)55/h33-39,46,56H,3-32,40-44H2,1-2H3. The molecule has 7 nitrogen and oxygen atoms in total. The van der Waals surface area contributed by atoms with Crippen molar-refractivity contribution >= 4 is 52.5 Å². The summed E-state index contributed by atoms with van der Waals surface area (Å²) in [5.41, 5.74) is 1.86. The summed E-state index contributed by atoms with van der Waals surface area (Å²) >= 11 is 12.8. The summed E-state index contributed by atoms with van der Waals surface area (Å²) in [7, 11) is 0. The lowest BCUT2D eigenvalue weighted by atomic mass is 10.0. The average molecular weight is 903 g/mol. The Morgan fingerprint density at radius 2 is 0.823 bits per heavy atom. The van der Waals surface area contributed by atoms with E-state index in [1.54, 1.807) is 18.2 Å². The van der Waals surface area contributed by atoms with Gasteiger partial charge in [0.15, 0.2) is 6.10 Å². The molecule has 0 aliphatic carbocycles. The number of anilines is 2. The average Bonchev–Trinajstić information content (AvgIpc) is 3.26. The van der Waals surface area contributed by atoms with Crippen molar-refractivity contribution in [2.75, 3.05) is 18.5 Å². The maximum absolute atomic E-state index is 13.3. The molecule has 0 heterocycles. The van der Waals surface area contributed by atoms with Gasteiger partial charge in [0.25, 0.3) is 0 Å². The van der Waals surface area contributed by atoms with Gasteiger partial charge in [0, 0.05) is 18.5 Å². The molecule has 2 rings (SSSR count). The molecule has 0 bridgehead atoms. The normalized spacial score (nSPS) is 11.2. The second kappa shape index (κ2) is 38.7. The molecule has 0 atom stereocenters. The summed E-state index contributed by atoms with van der Waals surface area (Å²) < 4.78 is 17.0. The zero-order chi connectivity index (χ0) is 44.7. The number of ether oxygens (including phenoxy) is 3. The van der Waals surface area contributed by atoms with Crippen LogP contribution < -0.4 is 5.32 Å². The number of nitrogens with one attached hydrogen (secondary N) is 1. The summed E-state index contributed by atoms with van der Waals surface area (Å²) in [6, 6.07) is 12.6. The van der Waals surface area contributed by atoms with E-state index < -0.39 is 12.1 Å².